The molecule has 1 aliphatic carbocycles. The van der Waals surface area contributed by atoms with Crippen LogP contribution in [0.25, 0.3) is 0 Å². The van der Waals surface area contributed by atoms with Gasteiger partial charge in [0.1, 0.15) is 0 Å². The molecule has 1 heterocycles. The summed E-state index contributed by atoms with van der Waals surface area (Å²) in [6, 6.07) is 11.2. The molecule has 1 aromatic heterocycles. The number of carbonyl (C=O) groups is 2. The Morgan fingerprint density at radius 1 is 1.19 bits per heavy atom. The van der Waals surface area contributed by atoms with Crippen molar-refractivity contribution in [3.05, 3.63) is 59.9 Å². The number of pyridine rings is 1. The van der Waals surface area contributed by atoms with Gasteiger partial charge in [0.05, 0.1) is 5.56 Å². The highest BCUT2D eigenvalue weighted by atomic mass is 16.2. The van der Waals surface area contributed by atoms with E-state index in [1.165, 1.54) is 6.20 Å². The largest absolute Gasteiger partial charge is 0.334 e. The van der Waals surface area contributed by atoms with Gasteiger partial charge in [0.15, 0.2) is 0 Å². The molecule has 3 rings (SSSR count). The van der Waals surface area contributed by atoms with E-state index >= 15 is 0 Å². The second-order valence-electron chi connectivity index (χ2n) is 7.06. The number of anilines is 1. The highest BCUT2D eigenvalue weighted by Crippen LogP contribution is 2.24. The van der Waals surface area contributed by atoms with Crippen molar-refractivity contribution in [1.29, 1.82) is 0 Å². The van der Waals surface area contributed by atoms with Crippen LogP contribution in [0.2, 0.25) is 0 Å². The molecule has 142 valence electrons. The minimum absolute atomic E-state index is 0.0423. The van der Waals surface area contributed by atoms with Crippen LogP contribution in [-0.4, -0.2) is 33.8 Å². The number of nitrogens with zero attached hydrogens (tertiary/aromatic N) is 2. The quantitative estimate of drug-likeness (QED) is 0.851. The summed E-state index contributed by atoms with van der Waals surface area (Å²) in [5, 5.41) is 2.85. The van der Waals surface area contributed by atoms with Crippen LogP contribution in [0, 0.1) is 0 Å². The van der Waals surface area contributed by atoms with Crippen LogP contribution in [0.3, 0.4) is 0 Å². The fraction of sp³-hybridized carbons (Fsp3) is 0.381. The average Bonchev–Trinajstić information content (AvgIpc) is 2.68. The van der Waals surface area contributed by atoms with Gasteiger partial charge in [0.25, 0.3) is 5.91 Å². The summed E-state index contributed by atoms with van der Waals surface area (Å²) in [7, 11) is 0. The molecule has 2 aromatic rings. The lowest BCUT2D eigenvalue weighted by Gasteiger charge is -2.38. The summed E-state index contributed by atoms with van der Waals surface area (Å²) in [5.74, 6) is -0.152. The van der Waals surface area contributed by atoms with Crippen molar-refractivity contribution >= 4 is 17.5 Å². The zero-order valence-electron chi connectivity index (χ0n) is 15.6. The van der Waals surface area contributed by atoms with Crippen LogP contribution >= 0.6 is 0 Å². The summed E-state index contributed by atoms with van der Waals surface area (Å²) in [5.41, 5.74) is 8.49. The maximum Gasteiger partial charge on any atom is 0.257 e. The van der Waals surface area contributed by atoms with Crippen LogP contribution in [0.5, 0.6) is 0 Å². The minimum atomic E-state index is -0.200. The molecule has 27 heavy (non-hydrogen) atoms. The lowest BCUT2D eigenvalue weighted by atomic mass is 9.89. The van der Waals surface area contributed by atoms with Gasteiger partial charge in [0, 0.05) is 43.6 Å². The topological polar surface area (TPSA) is 88.3 Å². The molecular formula is C21H26N4O2. The van der Waals surface area contributed by atoms with Gasteiger partial charge in [-0.25, -0.2) is 0 Å². The molecule has 0 bridgehead atoms. The Morgan fingerprint density at radius 3 is 2.56 bits per heavy atom. The third kappa shape index (κ3) is 4.92. The number of carbonyl (C=O) groups excluding carboxylic acids is 2. The Labute approximate surface area is 159 Å². The van der Waals surface area contributed by atoms with Gasteiger partial charge >= 0.3 is 0 Å². The van der Waals surface area contributed by atoms with Crippen molar-refractivity contribution < 1.29 is 9.59 Å². The lowest BCUT2D eigenvalue weighted by molar-refractivity contribution is -0.133. The van der Waals surface area contributed by atoms with Crippen LogP contribution in [0.4, 0.5) is 5.69 Å². The van der Waals surface area contributed by atoms with Crippen molar-refractivity contribution in [2.75, 3.05) is 5.32 Å². The SMILES string of the molecule is CC(=O)N(Cc1ccc(NC(=O)c2cccnc2)cc1)C1CCCCC1N. The number of benzene rings is 1. The number of aromatic nitrogens is 1. The Hall–Kier alpha value is -2.73. The van der Waals surface area contributed by atoms with E-state index in [2.05, 4.69) is 10.3 Å². The summed E-state index contributed by atoms with van der Waals surface area (Å²) in [6.07, 6.45) is 7.33. The van der Waals surface area contributed by atoms with Crippen molar-refractivity contribution in [2.45, 2.75) is 51.2 Å². The standard InChI is InChI=1S/C21H26N4O2/c1-15(26)25(20-7-3-2-6-19(20)22)14-16-8-10-18(11-9-16)24-21(27)17-5-4-12-23-13-17/h4-5,8-13,19-20H,2-3,6-7,14,22H2,1H3,(H,24,27). The Morgan fingerprint density at radius 2 is 1.93 bits per heavy atom. The van der Waals surface area contributed by atoms with E-state index < -0.39 is 0 Å². The highest BCUT2D eigenvalue weighted by Gasteiger charge is 2.29. The Bertz CT molecular complexity index is 777. The zero-order valence-corrected chi connectivity index (χ0v) is 15.6. The van der Waals surface area contributed by atoms with Crippen molar-refractivity contribution in [1.82, 2.24) is 9.88 Å². The first-order valence-corrected chi connectivity index (χ1v) is 9.37. The van der Waals surface area contributed by atoms with E-state index in [1.807, 2.05) is 29.2 Å². The van der Waals surface area contributed by atoms with Crippen molar-refractivity contribution in [2.24, 2.45) is 5.73 Å². The first-order valence-electron chi connectivity index (χ1n) is 9.37. The van der Waals surface area contributed by atoms with E-state index in [0.717, 1.165) is 31.2 Å². The van der Waals surface area contributed by atoms with E-state index in [4.69, 9.17) is 5.73 Å². The molecule has 1 saturated carbocycles. The van der Waals surface area contributed by atoms with Gasteiger partial charge in [-0.3, -0.25) is 14.6 Å². The second kappa shape index (κ2) is 8.77. The normalized spacial score (nSPS) is 19.3. The molecule has 6 heteroatoms. The molecule has 0 radical (unpaired) electrons. The highest BCUT2D eigenvalue weighted by molar-refractivity contribution is 6.03. The Balaban J connectivity index is 1.65. The van der Waals surface area contributed by atoms with E-state index in [-0.39, 0.29) is 23.9 Å². The van der Waals surface area contributed by atoms with Gasteiger partial charge in [-0.05, 0) is 42.7 Å². The van der Waals surface area contributed by atoms with Gasteiger partial charge in [-0.1, -0.05) is 25.0 Å². The van der Waals surface area contributed by atoms with Gasteiger partial charge < -0.3 is 16.0 Å². The molecule has 1 aromatic carbocycles. The second-order valence-corrected chi connectivity index (χ2v) is 7.06. The third-order valence-corrected chi connectivity index (χ3v) is 5.07. The number of hydrogen-bond acceptors (Lipinski definition) is 4. The van der Waals surface area contributed by atoms with Crippen molar-refractivity contribution in [3.8, 4) is 0 Å². The summed E-state index contributed by atoms with van der Waals surface area (Å²) < 4.78 is 0. The van der Waals surface area contributed by atoms with E-state index in [0.29, 0.717) is 17.8 Å². The average molecular weight is 366 g/mol. The molecule has 1 aliphatic rings. The number of hydrogen-bond donors (Lipinski definition) is 2. The fourth-order valence-electron chi connectivity index (χ4n) is 3.58. The third-order valence-electron chi connectivity index (χ3n) is 5.07. The molecular weight excluding hydrogens is 340 g/mol. The molecule has 0 aliphatic heterocycles. The number of nitrogens with one attached hydrogen (secondary N) is 1. The van der Waals surface area contributed by atoms with Gasteiger partial charge in [-0.15, -0.1) is 0 Å². The van der Waals surface area contributed by atoms with Gasteiger partial charge in [-0.2, -0.15) is 0 Å². The Kier molecular flexibility index (Phi) is 6.19. The first-order chi connectivity index (χ1) is 13.0. The summed E-state index contributed by atoms with van der Waals surface area (Å²) in [6.45, 7) is 2.13. The zero-order chi connectivity index (χ0) is 19.2. The van der Waals surface area contributed by atoms with Crippen LogP contribution in [0.1, 0.15) is 48.5 Å². The molecule has 2 amide bonds. The summed E-state index contributed by atoms with van der Waals surface area (Å²) >= 11 is 0. The van der Waals surface area contributed by atoms with Crippen LogP contribution < -0.4 is 11.1 Å². The molecule has 2 atom stereocenters. The fourth-order valence-corrected chi connectivity index (χ4v) is 3.58. The first kappa shape index (κ1) is 19.0. The molecule has 0 spiro atoms. The number of nitrogens with two attached hydrogens (primary N) is 1. The molecule has 2 unspecified atom stereocenters. The van der Waals surface area contributed by atoms with Gasteiger partial charge in [0.2, 0.25) is 5.91 Å². The molecule has 0 saturated heterocycles. The molecule has 1 fully saturated rings. The number of rotatable bonds is 5. The lowest BCUT2D eigenvalue weighted by Crippen LogP contribution is -2.50. The summed E-state index contributed by atoms with van der Waals surface area (Å²) in [4.78, 5) is 30.2. The number of amides is 2. The predicted octanol–water partition coefficient (Wildman–Crippen LogP) is 2.95. The predicted molar refractivity (Wildman–Crippen MR) is 105 cm³/mol. The molecule has 6 nitrogen and oxygen atoms in total. The minimum Gasteiger partial charge on any atom is -0.334 e. The maximum atomic E-state index is 12.2. The van der Waals surface area contributed by atoms with Crippen LogP contribution in [-0.2, 0) is 11.3 Å². The van der Waals surface area contributed by atoms with Crippen LogP contribution in [0.15, 0.2) is 48.8 Å². The van der Waals surface area contributed by atoms with E-state index in [9.17, 15) is 9.59 Å². The van der Waals surface area contributed by atoms with Crippen molar-refractivity contribution in [3.63, 3.8) is 0 Å². The molecule has 3 N–H and O–H groups in total. The smallest absolute Gasteiger partial charge is 0.257 e. The maximum absolute atomic E-state index is 12.2. The van der Waals surface area contributed by atoms with E-state index in [1.54, 1.807) is 25.3 Å². The monoisotopic (exact) mass is 366 g/mol.